The molecule has 2 atom stereocenters. The van der Waals surface area contributed by atoms with Crippen molar-refractivity contribution in [3.63, 3.8) is 0 Å². The van der Waals surface area contributed by atoms with Crippen LogP contribution >= 0.6 is 0 Å². The molecular weight excluding hydrogens is 432 g/mol. The van der Waals surface area contributed by atoms with Gasteiger partial charge in [-0.3, -0.25) is 0 Å². The maximum absolute atomic E-state index is 6.16. The van der Waals surface area contributed by atoms with Gasteiger partial charge in [0.05, 0.1) is 0 Å². The first-order valence-electron chi connectivity index (χ1n) is 12.9. The van der Waals surface area contributed by atoms with Gasteiger partial charge in [-0.15, -0.1) is 5.10 Å². The summed E-state index contributed by atoms with van der Waals surface area (Å²) in [4.78, 5) is 4.35. The second kappa shape index (κ2) is 8.76. The van der Waals surface area contributed by atoms with Crippen molar-refractivity contribution in [1.82, 2.24) is 25.7 Å². The minimum absolute atomic E-state index is 0.172. The SMILES string of the molecule is CC1CC2(NCCC(c3ccccc3)c3cc(N)nc4n[nH]nc34)CCC1(c1ccccc1)CC2. The van der Waals surface area contributed by atoms with Crippen LogP contribution in [-0.4, -0.2) is 32.5 Å². The summed E-state index contributed by atoms with van der Waals surface area (Å²) >= 11 is 0. The number of hydrogen-bond donors (Lipinski definition) is 3. The zero-order valence-corrected chi connectivity index (χ0v) is 20.4. The molecular formula is C29H34N6. The Labute approximate surface area is 206 Å². The summed E-state index contributed by atoms with van der Waals surface area (Å²) in [6.07, 6.45) is 7.25. The fourth-order valence-electron chi connectivity index (χ4n) is 7.06. The average molecular weight is 467 g/mol. The summed E-state index contributed by atoms with van der Waals surface area (Å²) in [7, 11) is 0. The number of aromatic nitrogens is 4. The molecule has 2 aromatic heterocycles. The molecule has 35 heavy (non-hydrogen) atoms. The maximum Gasteiger partial charge on any atom is 0.203 e. The number of benzene rings is 2. The highest BCUT2D eigenvalue weighted by atomic mass is 15.3. The maximum atomic E-state index is 6.16. The number of nitrogens with one attached hydrogen (secondary N) is 2. The van der Waals surface area contributed by atoms with E-state index in [-0.39, 0.29) is 11.5 Å². The molecule has 6 nitrogen and oxygen atoms in total. The van der Waals surface area contributed by atoms with Crippen LogP contribution in [0, 0.1) is 5.92 Å². The minimum Gasteiger partial charge on any atom is -0.384 e. The lowest BCUT2D eigenvalue weighted by Crippen LogP contribution is -2.59. The molecule has 0 radical (unpaired) electrons. The number of rotatable bonds is 7. The van der Waals surface area contributed by atoms with Crippen molar-refractivity contribution in [2.45, 2.75) is 62.3 Å². The van der Waals surface area contributed by atoms with E-state index in [0.717, 1.165) is 24.0 Å². The number of nitrogens with two attached hydrogens (primary N) is 1. The highest BCUT2D eigenvalue weighted by Gasteiger charge is 2.53. The van der Waals surface area contributed by atoms with E-state index >= 15 is 0 Å². The van der Waals surface area contributed by atoms with Gasteiger partial charge < -0.3 is 11.1 Å². The van der Waals surface area contributed by atoms with Crippen molar-refractivity contribution in [3.05, 3.63) is 83.4 Å². The highest BCUT2D eigenvalue weighted by Crippen LogP contribution is 2.56. The zero-order chi connectivity index (χ0) is 23.9. The van der Waals surface area contributed by atoms with Crippen LogP contribution in [0.2, 0.25) is 0 Å². The first kappa shape index (κ1) is 22.2. The van der Waals surface area contributed by atoms with Crippen molar-refractivity contribution in [1.29, 1.82) is 0 Å². The third kappa shape index (κ3) is 3.90. The fourth-order valence-corrected chi connectivity index (χ4v) is 7.06. The van der Waals surface area contributed by atoms with Crippen molar-refractivity contribution < 1.29 is 0 Å². The summed E-state index contributed by atoms with van der Waals surface area (Å²) in [5.41, 5.74) is 12.1. The van der Waals surface area contributed by atoms with Crippen LogP contribution in [0.25, 0.3) is 11.2 Å². The molecule has 2 aromatic carbocycles. The lowest BCUT2D eigenvalue weighted by atomic mass is 9.50. The third-order valence-electron chi connectivity index (χ3n) is 8.94. The van der Waals surface area contributed by atoms with E-state index in [1.807, 2.05) is 6.07 Å². The second-order valence-electron chi connectivity index (χ2n) is 10.7. The average Bonchev–Trinajstić information content (AvgIpc) is 3.36. The van der Waals surface area contributed by atoms with Crippen LogP contribution in [0.1, 0.15) is 68.1 Å². The molecule has 0 aliphatic heterocycles. The molecule has 2 bridgehead atoms. The number of H-pyrrole nitrogens is 1. The lowest BCUT2D eigenvalue weighted by molar-refractivity contribution is 0.0265. The van der Waals surface area contributed by atoms with Gasteiger partial charge in [0.2, 0.25) is 5.65 Å². The summed E-state index contributed by atoms with van der Waals surface area (Å²) in [5, 5.41) is 15.4. The van der Waals surface area contributed by atoms with E-state index in [0.29, 0.717) is 22.8 Å². The number of fused-ring (bicyclic) bond motifs is 4. The van der Waals surface area contributed by atoms with Gasteiger partial charge in [-0.1, -0.05) is 67.6 Å². The Hall–Kier alpha value is -3.25. The van der Waals surface area contributed by atoms with E-state index in [9.17, 15) is 0 Å². The Morgan fingerprint density at radius 1 is 1.00 bits per heavy atom. The van der Waals surface area contributed by atoms with Crippen LogP contribution < -0.4 is 11.1 Å². The number of nitrogen functional groups attached to an aromatic ring is 1. The van der Waals surface area contributed by atoms with Crippen LogP contribution in [0.5, 0.6) is 0 Å². The Balaban J connectivity index is 1.21. The molecule has 0 saturated heterocycles. The van der Waals surface area contributed by atoms with Gasteiger partial charge in [0.25, 0.3) is 0 Å². The Kier molecular flexibility index (Phi) is 5.56. The molecule has 3 aliphatic rings. The Morgan fingerprint density at radius 3 is 2.43 bits per heavy atom. The Bertz CT molecular complexity index is 1290. The number of anilines is 1. The van der Waals surface area contributed by atoms with Crippen LogP contribution in [-0.2, 0) is 5.41 Å². The normalized spacial score (nSPS) is 26.7. The van der Waals surface area contributed by atoms with Crippen molar-refractivity contribution in [3.8, 4) is 0 Å². The molecule has 6 heteroatoms. The first-order chi connectivity index (χ1) is 17.1. The number of aromatic amines is 1. The fraction of sp³-hybridized carbons (Fsp3) is 0.414. The summed E-state index contributed by atoms with van der Waals surface area (Å²) in [6, 6.07) is 23.9. The molecule has 3 aliphatic carbocycles. The quantitative estimate of drug-likeness (QED) is 0.342. The molecule has 0 amide bonds. The molecule has 2 heterocycles. The number of pyridine rings is 1. The highest BCUT2D eigenvalue weighted by molar-refractivity contribution is 5.77. The summed E-state index contributed by atoms with van der Waals surface area (Å²) in [6.45, 7) is 3.42. The van der Waals surface area contributed by atoms with Gasteiger partial charge in [-0.25, -0.2) is 4.98 Å². The Morgan fingerprint density at radius 2 is 1.71 bits per heavy atom. The lowest BCUT2D eigenvalue weighted by Gasteiger charge is -2.58. The molecule has 3 fully saturated rings. The molecule has 2 unspecified atom stereocenters. The van der Waals surface area contributed by atoms with Gasteiger partial charge in [0.1, 0.15) is 11.3 Å². The molecule has 0 spiro atoms. The largest absolute Gasteiger partial charge is 0.384 e. The number of hydrogen-bond acceptors (Lipinski definition) is 5. The first-order valence-corrected chi connectivity index (χ1v) is 12.9. The van der Waals surface area contributed by atoms with Crippen molar-refractivity contribution >= 4 is 17.0 Å². The van der Waals surface area contributed by atoms with Gasteiger partial charge in [0.15, 0.2) is 0 Å². The van der Waals surface area contributed by atoms with Crippen LogP contribution in [0.15, 0.2) is 66.7 Å². The van der Waals surface area contributed by atoms with E-state index in [1.165, 1.54) is 43.2 Å². The van der Waals surface area contributed by atoms with Gasteiger partial charge >= 0.3 is 0 Å². The number of nitrogens with zero attached hydrogens (tertiary/aromatic N) is 3. The second-order valence-corrected chi connectivity index (χ2v) is 10.7. The van der Waals surface area contributed by atoms with Crippen LogP contribution in [0.4, 0.5) is 5.82 Å². The van der Waals surface area contributed by atoms with Gasteiger partial charge in [-0.05, 0) is 79.2 Å². The molecule has 7 rings (SSSR count). The smallest absolute Gasteiger partial charge is 0.203 e. The minimum atomic E-state index is 0.172. The topological polar surface area (TPSA) is 92.5 Å². The van der Waals surface area contributed by atoms with E-state index in [4.69, 9.17) is 5.73 Å². The van der Waals surface area contributed by atoms with Crippen LogP contribution in [0.3, 0.4) is 0 Å². The zero-order valence-electron chi connectivity index (χ0n) is 20.4. The van der Waals surface area contributed by atoms with Crippen molar-refractivity contribution in [2.75, 3.05) is 12.3 Å². The third-order valence-corrected chi connectivity index (χ3v) is 8.94. The summed E-state index contributed by atoms with van der Waals surface area (Å²) in [5.74, 6) is 1.34. The van der Waals surface area contributed by atoms with E-state index in [1.54, 1.807) is 0 Å². The molecule has 4 aromatic rings. The van der Waals surface area contributed by atoms with E-state index < -0.39 is 0 Å². The molecule has 3 saturated carbocycles. The van der Waals surface area contributed by atoms with Gasteiger partial charge in [0, 0.05) is 11.5 Å². The van der Waals surface area contributed by atoms with Gasteiger partial charge in [-0.2, -0.15) is 10.3 Å². The monoisotopic (exact) mass is 466 g/mol. The van der Waals surface area contributed by atoms with Crippen molar-refractivity contribution in [2.24, 2.45) is 5.92 Å². The molecule has 4 N–H and O–H groups in total. The predicted octanol–water partition coefficient (Wildman–Crippen LogP) is 5.34. The van der Waals surface area contributed by atoms with E-state index in [2.05, 4.69) is 93.3 Å². The predicted molar refractivity (Wildman–Crippen MR) is 140 cm³/mol. The molecule has 180 valence electrons. The summed E-state index contributed by atoms with van der Waals surface area (Å²) < 4.78 is 0. The standard InChI is InChI=1S/C29H34N6/c1-20-19-28(13-15-29(20,16-14-28)22-10-6-3-7-11-22)31-17-12-23(21-8-4-2-5-9-21)24-18-25(30)32-27-26(24)33-35-34-27/h2-11,18,20,23,31H,12-17,19H2,1H3,(H3,30,32,33,34,35).